The van der Waals surface area contributed by atoms with E-state index in [0.29, 0.717) is 5.69 Å². The quantitative estimate of drug-likeness (QED) is 0.714. The van der Waals surface area contributed by atoms with Crippen LogP contribution in [0.5, 0.6) is 0 Å². The number of carbonyl (C=O) groups is 1. The molecule has 4 N–H and O–H groups in total. The molecular weight excluding hydrogens is 280 g/mol. The predicted molar refractivity (Wildman–Crippen MR) is 74.9 cm³/mol. The fourth-order valence-electron chi connectivity index (χ4n) is 1.66. The molecule has 1 rings (SSSR count). The zero-order valence-corrected chi connectivity index (χ0v) is 12.4. The highest BCUT2D eigenvalue weighted by Gasteiger charge is 2.26. The molecule has 0 atom stereocenters. The van der Waals surface area contributed by atoms with Gasteiger partial charge in [0.1, 0.15) is 4.90 Å². The maximum Gasteiger partial charge on any atom is 0.245 e. The maximum absolute atomic E-state index is 12.4. The first-order valence-corrected chi connectivity index (χ1v) is 7.64. The fourth-order valence-corrected chi connectivity index (χ4v) is 3.18. The van der Waals surface area contributed by atoms with Crippen molar-refractivity contribution in [3.05, 3.63) is 24.0 Å². The number of hydrogen-bond donors (Lipinski definition) is 2. The number of aromatic nitrogens is 1. The lowest BCUT2D eigenvalue weighted by Crippen LogP contribution is -2.40. The Kier molecular flexibility index (Phi) is 5.61. The van der Waals surface area contributed by atoms with Gasteiger partial charge in [-0.15, -0.1) is 0 Å². The minimum atomic E-state index is -3.79. The third-order valence-corrected chi connectivity index (χ3v) is 4.34. The molecule has 1 heterocycles. The van der Waals surface area contributed by atoms with Gasteiger partial charge in [0.05, 0.1) is 12.2 Å². The third kappa shape index (κ3) is 4.26. The summed E-state index contributed by atoms with van der Waals surface area (Å²) < 4.78 is 26.0. The number of sulfonamides is 1. The van der Waals surface area contributed by atoms with Crippen LogP contribution >= 0.6 is 0 Å². The van der Waals surface area contributed by atoms with Gasteiger partial charge < -0.3 is 11.5 Å². The molecule has 1 aromatic heterocycles. The van der Waals surface area contributed by atoms with E-state index in [1.165, 1.54) is 12.3 Å². The number of rotatable bonds is 7. The molecule has 0 saturated carbocycles. The summed E-state index contributed by atoms with van der Waals surface area (Å²) in [4.78, 5) is 15.0. The molecule has 0 radical (unpaired) electrons. The largest absolute Gasteiger partial charge is 0.369 e. The Bertz CT molecular complexity index is 555. The summed E-state index contributed by atoms with van der Waals surface area (Å²) in [6.07, 6.45) is 1.24. The van der Waals surface area contributed by atoms with E-state index in [-0.39, 0.29) is 30.4 Å². The molecule has 0 aliphatic carbocycles. The summed E-state index contributed by atoms with van der Waals surface area (Å²) in [7, 11) is -3.79. The van der Waals surface area contributed by atoms with Gasteiger partial charge in [-0.25, -0.2) is 8.42 Å². The van der Waals surface area contributed by atoms with Crippen molar-refractivity contribution in [2.24, 2.45) is 17.4 Å². The monoisotopic (exact) mass is 300 g/mol. The zero-order chi connectivity index (χ0) is 15.3. The molecule has 0 saturated heterocycles. The summed E-state index contributed by atoms with van der Waals surface area (Å²) >= 11 is 0. The van der Waals surface area contributed by atoms with Crippen LogP contribution in [0.15, 0.2) is 23.2 Å². The standard InChI is InChI=1S/C12H20N4O3S/c1-9(2)7-16(8-12(14)17)20(18,19)11-4-3-10(5-13)15-6-11/h3-4,6,9H,5,7-8,13H2,1-2H3,(H2,14,17). The van der Waals surface area contributed by atoms with Crippen LogP contribution < -0.4 is 11.5 Å². The van der Waals surface area contributed by atoms with E-state index in [4.69, 9.17) is 11.5 Å². The minimum Gasteiger partial charge on any atom is -0.369 e. The summed E-state index contributed by atoms with van der Waals surface area (Å²) in [6.45, 7) is 3.82. The summed E-state index contributed by atoms with van der Waals surface area (Å²) in [5, 5.41) is 0. The van der Waals surface area contributed by atoms with Crippen molar-refractivity contribution in [2.45, 2.75) is 25.3 Å². The molecule has 0 aliphatic heterocycles. The minimum absolute atomic E-state index is 0.0246. The summed E-state index contributed by atoms with van der Waals surface area (Å²) in [5.41, 5.74) is 11.1. The van der Waals surface area contributed by atoms with E-state index in [0.717, 1.165) is 4.31 Å². The SMILES string of the molecule is CC(C)CN(CC(N)=O)S(=O)(=O)c1ccc(CN)nc1. The predicted octanol–water partition coefficient (Wildman–Crippen LogP) is -0.328. The maximum atomic E-state index is 12.4. The lowest BCUT2D eigenvalue weighted by atomic mass is 10.2. The van der Waals surface area contributed by atoms with Gasteiger partial charge in [0.2, 0.25) is 15.9 Å². The first-order valence-electron chi connectivity index (χ1n) is 6.20. The second-order valence-electron chi connectivity index (χ2n) is 4.85. The Balaban J connectivity index is 3.10. The summed E-state index contributed by atoms with van der Waals surface area (Å²) in [6, 6.07) is 2.98. The second kappa shape index (κ2) is 6.78. The Morgan fingerprint density at radius 2 is 2.05 bits per heavy atom. The first-order chi connectivity index (χ1) is 9.27. The van der Waals surface area contributed by atoms with Crippen molar-refractivity contribution in [3.63, 3.8) is 0 Å². The number of amides is 1. The van der Waals surface area contributed by atoms with Crippen molar-refractivity contribution in [1.82, 2.24) is 9.29 Å². The lowest BCUT2D eigenvalue weighted by molar-refractivity contribution is -0.118. The molecular formula is C12H20N4O3S. The van der Waals surface area contributed by atoms with Gasteiger partial charge in [-0.05, 0) is 18.1 Å². The lowest BCUT2D eigenvalue weighted by Gasteiger charge is -2.22. The smallest absolute Gasteiger partial charge is 0.245 e. The Hall–Kier alpha value is -1.51. The van der Waals surface area contributed by atoms with Crippen LogP contribution in [0.1, 0.15) is 19.5 Å². The molecule has 0 spiro atoms. The average Bonchev–Trinajstić information content (AvgIpc) is 2.37. The van der Waals surface area contributed by atoms with Gasteiger partial charge >= 0.3 is 0 Å². The van der Waals surface area contributed by atoms with E-state index in [2.05, 4.69) is 4.98 Å². The molecule has 1 aromatic rings. The highest BCUT2D eigenvalue weighted by Crippen LogP contribution is 2.16. The number of pyridine rings is 1. The fraction of sp³-hybridized carbons (Fsp3) is 0.500. The van der Waals surface area contributed by atoms with Crippen molar-refractivity contribution in [3.8, 4) is 0 Å². The van der Waals surface area contributed by atoms with Gasteiger partial charge in [-0.1, -0.05) is 13.8 Å². The zero-order valence-electron chi connectivity index (χ0n) is 11.6. The van der Waals surface area contributed by atoms with Crippen LogP contribution in [0.25, 0.3) is 0 Å². The molecule has 8 heteroatoms. The van der Waals surface area contributed by atoms with Gasteiger partial charge in [-0.2, -0.15) is 4.31 Å². The van der Waals surface area contributed by atoms with E-state index < -0.39 is 15.9 Å². The Morgan fingerprint density at radius 3 is 2.45 bits per heavy atom. The molecule has 20 heavy (non-hydrogen) atoms. The molecule has 112 valence electrons. The van der Waals surface area contributed by atoms with Gasteiger partial charge in [0.25, 0.3) is 0 Å². The van der Waals surface area contributed by atoms with Crippen molar-refractivity contribution in [2.75, 3.05) is 13.1 Å². The molecule has 0 fully saturated rings. The van der Waals surface area contributed by atoms with E-state index in [9.17, 15) is 13.2 Å². The third-order valence-electron chi connectivity index (χ3n) is 2.55. The average molecular weight is 300 g/mol. The van der Waals surface area contributed by atoms with Crippen LogP contribution in [-0.2, 0) is 21.4 Å². The van der Waals surface area contributed by atoms with Crippen LogP contribution in [-0.4, -0.2) is 36.7 Å². The molecule has 0 aliphatic rings. The highest BCUT2D eigenvalue weighted by atomic mass is 32.2. The van der Waals surface area contributed by atoms with E-state index in [1.54, 1.807) is 6.07 Å². The number of hydrogen-bond acceptors (Lipinski definition) is 5. The topological polar surface area (TPSA) is 119 Å². The highest BCUT2D eigenvalue weighted by molar-refractivity contribution is 7.89. The van der Waals surface area contributed by atoms with E-state index in [1.807, 2.05) is 13.8 Å². The van der Waals surface area contributed by atoms with Gasteiger partial charge in [-0.3, -0.25) is 9.78 Å². The second-order valence-corrected chi connectivity index (χ2v) is 6.79. The van der Waals surface area contributed by atoms with Crippen LogP contribution in [0.3, 0.4) is 0 Å². The Morgan fingerprint density at radius 1 is 1.40 bits per heavy atom. The molecule has 7 nitrogen and oxygen atoms in total. The normalized spacial score (nSPS) is 12.1. The van der Waals surface area contributed by atoms with Gasteiger partial charge in [0, 0.05) is 19.3 Å². The van der Waals surface area contributed by atoms with Crippen LogP contribution in [0.2, 0.25) is 0 Å². The Labute approximate surface area is 119 Å². The van der Waals surface area contributed by atoms with E-state index >= 15 is 0 Å². The number of nitrogens with two attached hydrogens (primary N) is 2. The molecule has 0 bridgehead atoms. The van der Waals surface area contributed by atoms with Crippen molar-refractivity contribution >= 4 is 15.9 Å². The molecule has 0 aromatic carbocycles. The summed E-state index contributed by atoms with van der Waals surface area (Å²) in [5.74, 6) is -0.624. The van der Waals surface area contributed by atoms with Crippen molar-refractivity contribution in [1.29, 1.82) is 0 Å². The number of primary amides is 1. The molecule has 1 amide bonds. The van der Waals surface area contributed by atoms with Gasteiger partial charge in [0.15, 0.2) is 0 Å². The number of nitrogens with zero attached hydrogens (tertiary/aromatic N) is 2. The van der Waals surface area contributed by atoms with Crippen LogP contribution in [0, 0.1) is 5.92 Å². The molecule has 0 unspecified atom stereocenters. The van der Waals surface area contributed by atoms with Crippen molar-refractivity contribution < 1.29 is 13.2 Å². The number of carbonyl (C=O) groups excluding carboxylic acids is 1. The van der Waals surface area contributed by atoms with Crippen LogP contribution in [0.4, 0.5) is 0 Å². The first kappa shape index (κ1) is 16.5.